The predicted molar refractivity (Wildman–Crippen MR) is 60.4 cm³/mol. The summed E-state index contributed by atoms with van der Waals surface area (Å²) in [7, 11) is 0. The third-order valence-electron chi connectivity index (χ3n) is 3.19. The first-order valence-corrected chi connectivity index (χ1v) is 5.65. The Morgan fingerprint density at radius 2 is 2.14 bits per heavy atom. The second-order valence-corrected chi connectivity index (χ2v) is 5.03. The van der Waals surface area contributed by atoms with Gasteiger partial charge in [0.15, 0.2) is 0 Å². The van der Waals surface area contributed by atoms with E-state index in [1.807, 2.05) is 0 Å². The molecule has 14 heavy (non-hydrogen) atoms. The van der Waals surface area contributed by atoms with E-state index in [0.717, 1.165) is 18.8 Å². The number of halogens is 1. The molecule has 1 fully saturated rings. The van der Waals surface area contributed by atoms with Crippen LogP contribution in [0.15, 0.2) is 11.6 Å². The van der Waals surface area contributed by atoms with Crippen LogP contribution in [0.2, 0.25) is 0 Å². The average Bonchev–Trinajstić information content (AvgIpc) is 2.18. The summed E-state index contributed by atoms with van der Waals surface area (Å²) in [5.74, 6) is 0.788. The van der Waals surface area contributed by atoms with Gasteiger partial charge in [-0.3, -0.25) is 0 Å². The normalized spacial score (nSPS) is 32.9. The van der Waals surface area contributed by atoms with Gasteiger partial charge >= 0.3 is 0 Å². The molecule has 0 atom stereocenters. The fourth-order valence-corrected chi connectivity index (χ4v) is 2.06. The fourth-order valence-electron chi connectivity index (χ4n) is 1.99. The molecule has 0 saturated heterocycles. The molecule has 0 bridgehead atoms. The lowest BCUT2D eigenvalue weighted by Crippen LogP contribution is -2.51. The Hall–Kier alpha value is -0.0500. The molecule has 3 heteroatoms. The molecule has 0 aromatic rings. The van der Waals surface area contributed by atoms with Crippen molar-refractivity contribution >= 4 is 11.6 Å². The van der Waals surface area contributed by atoms with E-state index in [2.05, 4.69) is 18.8 Å². The molecule has 2 nitrogen and oxygen atoms in total. The number of hydrogen-bond donors (Lipinski definition) is 2. The Kier molecular flexibility index (Phi) is 4.42. The summed E-state index contributed by atoms with van der Waals surface area (Å²) in [5, 5.41) is 13.3. The van der Waals surface area contributed by atoms with E-state index in [4.69, 9.17) is 11.6 Å². The zero-order valence-electron chi connectivity index (χ0n) is 8.85. The molecular weight excluding hydrogens is 198 g/mol. The number of hydrogen-bond acceptors (Lipinski definition) is 2. The largest absolute Gasteiger partial charge is 0.394 e. The molecular formula is C11H20ClNO. The highest BCUT2D eigenvalue weighted by atomic mass is 35.5. The smallest absolute Gasteiger partial charge is 0.0613 e. The van der Waals surface area contributed by atoms with E-state index in [1.165, 1.54) is 12.8 Å². The summed E-state index contributed by atoms with van der Waals surface area (Å²) < 4.78 is 0. The SMILES string of the molecule is C=C(Cl)CNC1(CO)CCC(C)CC1. The van der Waals surface area contributed by atoms with Crippen LogP contribution in [0.1, 0.15) is 32.6 Å². The van der Waals surface area contributed by atoms with Crippen LogP contribution in [0.3, 0.4) is 0 Å². The number of nitrogens with one attached hydrogen (secondary N) is 1. The van der Waals surface area contributed by atoms with E-state index in [-0.39, 0.29) is 12.1 Å². The van der Waals surface area contributed by atoms with Gasteiger partial charge in [0.05, 0.1) is 6.61 Å². The van der Waals surface area contributed by atoms with Crippen LogP contribution >= 0.6 is 11.6 Å². The van der Waals surface area contributed by atoms with Crippen molar-refractivity contribution in [2.75, 3.05) is 13.2 Å². The fraction of sp³-hybridized carbons (Fsp3) is 0.818. The lowest BCUT2D eigenvalue weighted by molar-refractivity contribution is 0.109. The van der Waals surface area contributed by atoms with Gasteiger partial charge in [0, 0.05) is 17.1 Å². The molecule has 0 amide bonds. The highest BCUT2D eigenvalue weighted by Gasteiger charge is 2.32. The number of aliphatic hydroxyl groups excluding tert-OH is 1. The van der Waals surface area contributed by atoms with Gasteiger partial charge in [-0.1, -0.05) is 25.1 Å². The maximum absolute atomic E-state index is 9.41. The van der Waals surface area contributed by atoms with Gasteiger partial charge in [-0.25, -0.2) is 0 Å². The standard InChI is InChI=1S/C11H20ClNO/c1-9-3-5-11(8-14,6-4-9)13-7-10(2)12/h9,13-14H,2-8H2,1H3. The van der Waals surface area contributed by atoms with E-state index < -0.39 is 0 Å². The molecule has 0 heterocycles. The van der Waals surface area contributed by atoms with E-state index in [9.17, 15) is 5.11 Å². The molecule has 0 spiro atoms. The minimum absolute atomic E-state index is 0.107. The van der Waals surface area contributed by atoms with Crippen molar-refractivity contribution in [3.05, 3.63) is 11.6 Å². The molecule has 82 valence electrons. The third kappa shape index (κ3) is 3.26. The van der Waals surface area contributed by atoms with Gasteiger partial charge in [-0.2, -0.15) is 0 Å². The first-order valence-electron chi connectivity index (χ1n) is 5.27. The molecule has 1 aliphatic rings. The van der Waals surface area contributed by atoms with Crippen molar-refractivity contribution in [3.8, 4) is 0 Å². The first kappa shape index (κ1) is 12.0. The Balaban J connectivity index is 2.45. The highest BCUT2D eigenvalue weighted by molar-refractivity contribution is 6.29. The van der Waals surface area contributed by atoms with Crippen LogP contribution in [0.4, 0.5) is 0 Å². The second kappa shape index (κ2) is 5.15. The van der Waals surface area contributed by atoms with Crippen LogP contribution in [0, 0.1) is 5.92 Å². The maximum Gasteiger partial charge on any atom is 0.0613 e. The summed E-state index contributed by atoms with van der Waals surface area (Å²) in [5.41, 5.74) is -0.107. The van der Waals surface area contributed by atoms with Crippen molar-refractivity contribution in [1.29, 1.82) is 0 Å². The zero-order valence-corrected chi connectivity index (χ0v) is 9.61. The van der Waals surface area contributed by atoms with Crippen molar-refractivity contribution < 1.29 is 5.11 Å². The van der Waals surface area contributed by atoms with Gasteiger partial charge in [0.25, 0.3) is 0 Å². The lowest BCUT2D eigenvalue weighted by atomic mass is 9.77. The highest BCUT2D eigenvalue weighted by Crippen LogP contribution is 2.31. The molecule has 1 saturated carbocycles. The van der Waals surface area contributed by atoms with Gasteiger partial charge in [-0.05, 0) is 31.6 Å². The average molecular weight is 218 g/mol. The van der Waals surface area contributed by atoms with Gasteiger partial charge in [0.1, 0.15) is 0 Å². The first-order chi connectivity index (χ1) is 6.58. The molecule has 1 rings (SSSR count). The Morgan fingerprint density at radius 3 is 2.57 bits per heavy atom. The van der Waals surface area contributed by atoms with Crippen LogP contribution < -0.4 is 5.32 Å². The van der Waals surface area contributed by atoms with Crippen LogP contribution in [-0.2, 0) is 0 Å². The number of rotatable bonds is 4. The van der Waals surface area contributed by atoms with Gasteiger partial charge in [0.2, 0.25) is 0 Å². The van der Waals surface area contributed by atoms with Crippen LogP contribution in [0.25, 0.3) is 0 Å². The van der Waals surface area contributed by atoms with E-state index in [1.54, 1.807) is 0 Å². The minimum Gasteiger partial charge on any atom is -0.394 e. The lowest BCUT2D eigenvalue weighted by Gasteiger charge is -2.39. The van der Waals surface area contributed by atoms with Crippen molar-refractivity contribution in [2.45, 2.75) is 38.1 Å². The Labute approximate surface area is 91.3 Å². The van der Waals surface area contributed by atoms with Crippen LogP contribution in [0.5, 0.6) is 0 Å². The summed E-state index contributed by atoms with van der Waals surface area (Å²) in [6.07, 6.45) is 4.44. The maximum atomic E-state index is 9.41. The topological polar surface area (TPSA) is 32.3 Å². The molecule has 0 radical (unpaired) electrons. The predicted octanol–water partition coefficient (Wildman–Crippen LogP) is 2.27. The summed E-state index contributed by atoms with van der Waals surface area (Å²) in [4.78, 5) is 0. The van der Waals surface area contributed by atoms with E-state index in [0.29, 0.717) is 11.6 Å². The molecule has 1 aliphatic carbocycles. The molecule has 0 aromatic heterocycles. The zero-order chi connectivity index (χ0) is 10.6. The minimum atomic E-state index is -0.107. The summed E-state index contributed by atoms with van der Waals surface area (Å²) in [6, 6.07) is 0. The van der Waals surface area contributed by atoms with Crippen molar-refractivity contribution in [2.24, 2.45) is 5.92 Å². The molecule has 2 N–H and O–H groups in total. The summed E-state index contributed by atoms with van der Waals surface area (Å²) >= 11 is 5.71. The molecule has 0 aliphatic heterocycles. The van der Waals surface area contributed by atoms with Gasteiger partial charge in [-0.15, -0.1) is 0 Å². The second-order valence-electron chi connectivity index (χ2n) is 4.49. The van der Waals surface area contributed by atoms with Crippen molar-refractivity contribution in [3.63, 3.8) is 0 Å². The van der Waals surface area contributed by atoms with Crippen LogP contribution in [-0.4, -0.2) is 23.8 Å². The summed E-state index contributed by atoms with van der Waals surface area (Å²) in [6.45, 7) is 6.70. The molecule has 0 aromatic carbocycles. The quantitative estimate of drug-likeness (QED) is 0.758. The van der Waals surface area contributed by atoms with Crippen molar-refractivity contribution in [1.82, 2.24) is 5.32 Å². The monoisotopic (exact) mass is 217 g/mol. The Bertz CT molecular complexity index is 197. The third-order valence-corrected chi connectivity index (χ3v) is 3.32. The van der Waals surface area contributed by atoms with E-state index >= 15 is 0 Å². The number of aliphatic hydroxyl groups is 1. The van der Waals surface area contributed by atoms with Gasteiger partial charge < -0.3 is 10.4 Å². The Morgan fingerprint density at radius 1 is 1.57 bits per heavy atom. The molecule has 0 unspecified atom stereocenters.